The summed E-state index contributed by atoms with van der Waals surface area (Å²) in [5.74, 6) is 0.457. The van der Waals surface area contributed by atoms with Gasteiger partial charge in [-0.25, -0.2) is 0 Å². The van der Waals surface area contributed by atoms with Crippen LogP contribution in [0, 0.1) is 0 Å². The molecule has 156 valence electrons. The second kappa shape index (κ2) is 11.2. The zero-order valence-corrected chi connectivity index (χ0v) is 17.9. The summed E-state index contributed by atoms with van der Waals surface area (Å²) in [5.41, 5.74) is 2.49. The first-order chi connectivity index (χ1) is 14.0. The van der Waals surface area contributed by atoms with Gasteiger partial charge in [-0.1, -0.05) is 32.9 Å². The smallest absolute Gasteiger partial charge is 0.265 e. The van der Waals surface area contributed by atoms with Crippen LogP contribution >= 0.6 is 0 Å². The molecular weight excluding hydrogens is 364 g/mol. The Balaban J connectivity index is 1.95. The third kappa shape index (κ3) is 6.63. The molecule has 0 saturated carbocycles. The largest absolute Gasteiger partial charge is 0.481 e. The van der Waals surface area contributed by atoms with Crippen molar-refractivity contribution in [2.75, 3.05) is 18.4 Å². The van der Waals surface area contributed by atoms with E-state index in [2.05, 4.69) is 26.1 Å². The molecule has 2 aromatic rings. The summed E-state index contributed by atoms with van der Waals surface area (Å²) in [6.07, 6.45) is 2.19. The van der Waals surface area contributed by atoms with E-state index < -0.39 is 6.10 Å². The minimum Gasteiger partial charge on any atom is -0.481 e. The van der Waals surface area contributed by atoms with E-state index in [1.54, 1.807) is 31.2 Å². The highest BCUT2D eigenvalue weighted by molar-refractivity contribution is 5.96. The molecule has 1 unspecified atom stereocenters. The molecule has 0 aliphatic heterocycles. The molecule has 0 aliphatic carbocycles. The molecule has 0 saturated heterocycles. The van der Waals surface area contributed by atoms with Crippen molar-refractivity contribution in [3.8, 4) is 5.75 Å². The van der Waals surface area contributed by atoms with Crippen molar-refractivity contribution in [2.24, 2.45) is 0 Å². The number of hydrogen-bond donors (Lipinski definition) is 1. The highest BCUT2D eigenvalue weighted by atomic mass is 16.5. The second-order valence-electron chi connectivity index (χ2n) is 7.12. The number of carbonyl (C=O) groups excluding carboxylic acids is 2. The molecule has 0 bridgehead atoms. The van der Waals surface area contributed by atoms with E-state index in [0.29, 0.717) is 17.0 Å². The Kier molecular flexibility index (Phi) is 8.71. The number of aryl methyl sites for hydroxylation is 1. The molecule has 0 aliphatic rings. The van der Waals surface area contributed by atoms with E-state index in [1.807, 2.05) is 29.2 Å². The molecule has 0 spiro atoms. The normalized spacial score (nSPS) is 11.6. The maximum absolute atomic E-state index is 12.6. The Morgan fingerprint density at radius 2 is 1.52 bits per heavy atom. The van der Waals surface area contributed by atoms with E-state index in [4.69, 9.17) is 4.74 Å². The Hall–Kier alpha value is -2.82. The molecule has 0 heterocycles. The number of carbonyl (C=O) groups is 2. The van der Waals surface area contributed by atoms with Gasteiger partial charge in [0.1, 0.15) is 5.75 Å². The van der Waals surface area contributed by atoms with Crippen molar-refractivity contribution in [3.63, 3.8) is 0 Å². The van der Waals surface area contributed by atoms with E-state index in [1.165, 1.54) is 5.56 Å². The number of nitrogens with one attached hydrogen (secondary N) is 1. The fourth-order valence-corrected chi connectivity index (χ4v) is 3.04. The van der Waals surface area contributed by atoms with Crippen LogP contribution < -0.4 is 10.1 Å². The summed E-state index contributed by atoms with van der Waals surface area (Å²) in [5, 5.41) is 2.84. The molecule has 0 radical (unpaired) electrons. The SMILES string of the molecule is CCCN(CCC)C(=O)c1ccc(NC(=O)C(C)Oc2ccc(CC)cc2)cc1. The first-order valence-corrected chi connectivity index (χ1v) is 10.4. The Labute approximate surface area is 174 Å². The number of hydrogen-bond acceptors (Lipinski definition) is 3. The lowest BCUT2D eigenvalue weighted by molar-refractivity contribution is -0.122. The molecule has 5 heteroatoms. The Morgan fingerprint density at radius 3 is 2.03 bits per heavy atom. The number of nitrogens with zero attached hydrogens (tertiary/aromatic N) is 1. The van der Waals surface area contributed by atoms with Crippen LogP contribution in [0.3, 0.4) is 0 Å². The van der Waals surface area contributed by atoms with Crippen molar-refractivity contribution < 1.29 is 14.3 Å². The summed E-state index contributed by atoms with van der Waals surface area (Å²) in [6, 6.07) is 14.8. The maximum Gasteiger partial charge on any atom is 0.265 e. The van der Waals surface area contributed by atoms with Crippen LogP contribution in [0.5, 0.6) is 5.75 Å². The van der Waals surface area contributed by atoms with Crippen LogP contribution in [0.4, 0.5) is 5.69 Å². The standard InChI is InChI=1S/C24H32N2O3/c1-5-16-26(17-6-2)24(28)20-10-12-21(13-11-20)25-23(27)18(4)29-22-14-8-19(7-3)9-15-22/h8-15,18H,5-7,16-17H2,1-4H3,(H,25,27). The quantitative estimate of drug-likeness (QED) is 0.620. The number of ether oxygens (including phenoxy) is 1. The fraction of sp³-hybridized carbons (Fsp3) is 0.417. The van der Waals surface area contributed by atoms with Crippen LogP contribution in [0.2, 0.25) is 0 Å². The molecule has 2 amide bonds. The zero-order chi connectivity index (χ0) is 21.2. The minimum absolute atomic E-state index is 0.0267. The monoisotopic (exact) mass is 396 g/mol. The number of amides is 2. The highest BCUT2D eigenvalue weighted by Crippen LogP contribution is 2.16. The van der Waals surface area contributed by atoms with Gasteiger partial charge >= 0.3 is 0 Å². The highest BCUT2D eigenvalue weighted by Gasteiger charge is 2.17. The van der Waals surface area contributed by atoms with Gasteiger partial charge in [0.15, 0.2) is 6.10 Å². The Bertz CT molecular complexity index is 779. The van der Waals surface area contributed by atoms with E-state index in [-0.39, 0.29) is 11.8 Å². The van der Waals surface area contributed by atoms with Crippen LogP contribution in [0.15, 0.2) is 48.5 Å². The van der Waals surface area contributed by atoms with Gasteiger partial charge in [0.05, 0.1) is 0 Å². The summed E-state index contributed by atoms with van der Waals surface area (Å²) in [7, 11) is 0. The summed E-state index contributed by atoms with van der Waals surface area (Å²) >= 11 is 0. The predicted molar refractivity (Wildman–Crippen MR) is 117 cm³/mol. The van der Waals surface area contributed by atoms with Crippen LogP contribution in [0.25, 0.3) is 0 Å². The molecule has 2 aromatic carbocycles. The van der Waals surface area contributed by atoms with Crippen molar-refractivity contribution in [1.82, 2.24) is 4.90 Å². The Morgan fingerprint density at radius 1 is 0.931 bits per heavy atom. The topological polar surface area (TPSA) is 58.6 Å². The minimum atomic E-state index is -0.631. The molecule has 0 aromatic heterocycles. The van der Waals surface area contributed by atoms with Gasteiger partial charge in [0.2, 0.25) is 0 Å². The van der Waals surface area contributed by atoms with Gasteiger partial charge in [-0.2, -0.15) is 0 Å². The van der Waals surface area contributed by atoms with E-state index >= 15 is 0 Å². The van der Waals surface area contributed by atoms with Crippen LogP contribution in [-0.4, -0.2) is 35.9 Å². The average Bonchev–Trinajstić information content (AvgIpc) is 2.74. The molecule has 1 N–H and O–H groups in total. The van der Waals surface area contributed by atoms with Gasteiger partial charge in [0.25, 0.3) is 11.8 Å². The molecule has 29 heavy (non-hydrogen) atoms. The van der Waals surface area contributed by atoms with Gasteiger partial charge in [0, 0.05) is 24.3 Å². The second-order valence-corrected chi connectivity index (χ2v) is 7.12. The van der Waals surface area contributed by atoms with Crippen LogP contribution in [0.1, 0.15) is 56.5 Å². The lowest BCUT2D eigenvalue weighted by atomic mass is 10.1. The maximum atomic E-state index is 12.6. The first kappa shape index (κ1) is 22.5. The molecule has 1 atom stereocenters. The van der Waals surface area contributed by atoms with Crippen LogP contribution in [-0.2, 0) is 11.2 Å². The summed E-state index contributed by atoms with van der Waals surface area (Å²) in [4.78, 5) is 26.9. The van der Waals surface area contributed by atoms with Crippen molar-refractivity contribution in [1.29, 1.82) is 0 Å². The number of benzene rings is 2. The predicted octanol–water partition coefficient (Wildman–Crippen LogP) is 4.92. The fourth-order valence-electron chi connectivity index (χ4n) is 3.04. The summed E-state index contributed by atoms with van der Waals surface area (Å²) < 4.78 is 5.72. The van der Waals surface area contributed by atoms with Crippen molar-refractivity contribution in [2.45, 2.75) is 53.1 Å². The van der Waals surface area contributed by atoms with Crippen molar-refractivity contribution in [3.05, 3.63) is 59.7 Å². The van der Waals surface area contributed by atoms with Gasteiger partial charge in [-0.3, -0.25) is 9.59 Å². The van der Waals surface area contributed by atoms with Gasteiger partial charge < -0.3 is 15.0 Å². The van der Waals surface area contributed by atoms with E-state index in [9.17, 15) is 9.59 Å². The van der Waals surface area contributed by atoms with Gasteiger partial charge in [-0.15, -0.1) is 0 Å². The van der Waals surface area contributed by atoms with E-state index in [0.717, 1.165) is 32.4 Å². The molecule has 2 rings (SSSR count). The first-order valence-electron chi connectivity index (χ1n) is 10.4. The zero-order valence-electron chi connectivity index (χ0n) is 17.9. The molecule has 5 nitrogen and oxygen atoms in total. The lowest BCUT2D eigenvalue weighted by Gasteiger charge is -2.21. The van der Waals surface area contributed by atoms with Gasteiger partial charge in [-0.05, 0) is 68.1 Å². The molecular formula is C24H32N2O3. The third-order valence-corrected chi connectivity index (χ3v) is 4.69. The number of rotatable bonds is 10. The third-order valence-electron chi connectivity index (χ3n) is 4.69. The number of anilines is 1. The molecule has 0 fully saturated rings. The van der Waals surface area contributed by atoms with Crippen molar-refractivity contribution >= 4 is 17.5 Å². The summed E-state index contributed by atoms with van der Waals surface area (Å²) in [6.45, 7) is 9.44. The lowest BCUT2D eigenvalue weighted by Crippen LogP contribution is -2.32. The average molecular weight is 397 g/mol.